The molecule has 15 heteroatoms. The molecular weight excluding hydrogens is 629 g/mol. The Morgan fingerprint density at radius 2 is 1.96 bits per heavy atom. The average Bonchev–Trinajstić information content (AvgIpc) is 3.86. The van der Waals surface area contributed by atoms with Crippen molar-refractivity contribution in [3.8, 4) is 5.75 Å². The number of rotatable bonds is 10. The Kier molecular flexibility index (Phi) is 9.83. The number of likely N-dealkylation sites (tertiary alicyclic amines) is 1. The second kappa shape index (κ2) is 14.0. The molecule has 12 nitrogen and oxygen atoms in total. The lowest BCUT2D eigenvalue weighted by molar-refractivity contribution is -0.137. The van der Waals surface area contributed by atoms with E-state index in [4.69, 9.17) is 25.9 Å². The van der Waals surface area contributed by atoms with Crippen LogP contribution in [0.5, 0.6) is 5.75 Å². The van der Waals surface area contributed by atoms with Crippen LogP contribution in [-0.4, -0.2) is 79.9 Å². The average molecular weight is 671 g/mol. The first-order valence-electron chi connectivity index (χ1n) is 16.0. The first-order chi connectivity index (χ1) is 23.1. The third-order valence-electron chi connectivity index (χ3n) is 9.38. The maximum absolute atomic E-state index is 13.4. The van der Waals surface area contributed by atoms with E-state index in [2.05, 4.69) is 32.1 Å². The number of fused-ring (bicyclic) bond motifs is 2. The number of morpholine rings is 1. The van der Waals surface area contributed by atoms with Crippen molar-refractivity contribution in [1.82, 2.24) is 15.4 Å². The van der Waals surface area contributed by atoms with E-state index < -0.39 is 17.8 Å². The maximum Gasteiger partial charge on any atom is 0.416 e. The number of carbonyl (C=O) groups is 1. The minimum atomic E-state index is -4.49. The van der Waals surface area contributed by atoms with Crippen LogP contribution in [0.1, 0.15) is 42.9 Å². The molecule has 4 aliphatic heterocycles. The first kappa shape index (κ1) is 33.6. The fraction of sp³-hybridized carbons (Fsp3) is 0.455. The number of amides is 1. The Morgan fingerprint density at radius 1 is 1.17 bits per heavy atom. The van der Waals surface area contributed by atoms with Crippen LogP contribution in [0.25, 0.3) is 0 Å². The predicted molar refractivity (Wildman–Crippen MR) is 175 cm³/mol. The Labute approximate surface area is 277 Å². The highest BCUT2D eigenvalue weighted by Crippen LogP contribution is 2.41. The lowest BCUT2D eigenvalue weighted by atomic mass is 10.0. The Balaban J connectivity index is 1.24. The van der Waals surface area contributed by atoms with Gasteiger partial charge in [-0.3, -0.25) is 14.5 Å². The molecule has 0 saturated carbocycles. The fourth-order valence-corrected chi connectivity index (χ4v) is 7.08. The van der Waals surface area contributed by atoms with Gasteiger partial charge in [0.25, 0.3) is 0 Å². The van der Waals surface area contributed by atoms with Crippen LogP contribution in [-0.2, 0) is 20.5 Å². The van der Waals surface area contributed by atoms with Crippen LogP contribution < -0.4 is 32.0 Å². The monoisotopic (exact) mass is 670 g/mol. The third kappa shape index (κ3) is 7.09. The lowest BCUT2D eigenvalue weighted by Gasteiger charge is -2.41. The predicted octanol–water partition coefficient (Wildman–Crippen LogP) is 3.95. The number of nitrogens with zero attached hydrogens (tertiary/aromatic N) is 4. The van der Waals surface area contributed by atoms with Crippen molar-refractivity contribution in [2.45, 2.75) is 56.1 Å². The number of benzene rings is 2. The van der Waals surface area contributed by atoms with Crippen LogP contribution in [0.4, 0.5) is 30.2 Å². The van der Waals surface area contributed by atoms with Crippen molar-refractivity contribution in [2.75, 3.05) is 50.2 Å². The smallest absolute Gasteiger partial charge is 0.416 e. The zero-order valence-corrected chi connectivity index (χ0v) is 26.7. The SMILES string of the molecule is C=CC(=O)Nc1cc(N=C(N)/C=C(\NN)N2OCC[C@@H]2c2cccc(C(F)(F)F)c2)c(OC)cc1N1CCC(N2C[C@@H]3CC2CO3)CC1. The van der Waals surface area contributed by atoms with E-state index in [0.717, 1.165) is 63.3 Å². The number of ether oxygens (including phenoxy) is 2. The molecule has 258 valence electrons. The maximum atomic E-state index is 13.4. The lowest BCUT2D eigenvalue weighted by Crippen LogP contribution is -2.49. The van der Waals surface area contributed by atoms with Gasteiger partial charge < -0.3 is 30.8 Å². The van der Waals surface area contributed by atoms with Crippen molar-refractivity contribution >= 4 is 28.8 Å². The van der Waals surface area contributed by atoms with Gasteiger partial charge in [-0.2, -0.15) is 13.2 Å². The topological polar surface area (TPSA) is 143 Å². The summed E-state index contributed by atoms with van der Waals surface area (Å²) in [6.45, 7) is 7.23. The Bertz CT molecular complexity index is 1580. The van der Waals surface area contributed by atoms with E-state index in [1.165, 1.54) is 30.4 Å². The molecule has 1 amide bonds. The molecule has 4 fully saturated rings. The molecule has 6 N–H and O–H groups in total. The van der Waals surface area contributed by atoms with E-state index in [1.807, 2.05) is 6.07 Å². The van der Waals surface area contributed by atoms with E-state index in [0.29, 0.717) is 47.3 Å². The summed E-state index contributed by atoms with van der Waals surface area (Å²) in [5, 5.41) is 4.29. The van der Waals surface area contributed by atoms with Gasteiger partial charge in [0.05, 0.1) is 49.4 Å². The molecule has 3 atom stereocenters. The molecule has 2 bridgehead atoms. The van der Waals surface area contributed by atoms with E-state index in [-0.39, 0.29) is 24.2 Å². The van der Waals surface area contributed by atoms with E-state index in [9.17, 15) is 18.0 Å². The Hall–Kier alpha value is -4.31. The van der Waals surface area contributed by atoms with Gasteiger partial charge in [-0.1, -0.05) is 18.7 Å². The quantitative estimate of drug-likeness (QED) is 0.0965. The van der Waals surface area contributed by atoms with Gasteiger partial charge in [0, 0.05) is 50.3 Å². The number of hydrazine groups is 1. The molecule has 4 aliphatic rings. The molecule has 0 radical (unpaired) electrons. The van der Waals surface area contributed by atoms with Gasteiger partial charge in [-0.05, 0) is 49.1 Å². The molecule has 0 aliphatic carbocycles. The van der Waals surface area contributed by atoms with Crippen LogP contribution in [0.2, 0.25) is 0 Å². The second-order valence-electron chi connectivity index (χ2n) is 12.3. The molecule has 48 heavy (non-hydrogen) atoms. The van der Waals surface area contributed by atoms with Gasteiger partial charge in [0.1, 0.15) is 23.1 Å². The standard InChI is InChI=1S/C33H41F3N8O4/c1-3-32(45)40-25-15-26(29(46-2)16-28(25)42-10-7-22(8-11-42)43-18-24-14-23(43)19-47-24)39-30(37)17-31(41-38)44-27(9-12-48-44)20-5-4-6-21(13-20)33(34,35)36/h3-6,13,15-17,22-24,27,41H,1,7-12,14,18-19,38H2,2H3,(H2,37,39)(H,40,45)/b31-17+/t23?,24-,27+/m0/s1. The second-order valence-corrected chi connectivity index (χ2v) is 12.3. The summed E-state index contributed by atoms with van der Waals surface area (Å²) in [5.74, 6) is 6.06. The summed E-state index contributed by atoms with van der Waals surface area (Å²) in [7, 11) is 1.52. The van der Waals surface area contributed by atoms with Crippen molar-refractivity contribution in [1.29, 1.82) is 0 Å². The summed E-state index contributed by atoms with van der Waals surface area (Å²) in [6.07, 6.45) is 1.97. The highest BCUT2D eigenvalue weighted by atomic mass is 19.4. The van der Waals surface area contributed by atoms with Gasteiger partial charge in [-0.15, -0.1) is 0 Å². The molecule has 0 spiro atoms. The number of hydrogen-bond acceptors (Lipinski definition) is 10. The minimum absolute atomic E-state index is 0.00186. The van der Waals surface area contributed by atoms with Gasteiger partial charge in [0.2, 0.25) is 5.91 Å². The number of methoxy groups -OCH3 is 1. The van der Waals surface area contributed by atoms with Crippen molar-refractivity contribution in [3.05, 3.63) is 72.1 Å². The number of nitrogens with two attached hydrogens (primary N) is 2. The molecule has 0 aromatic heterocycles. The van der Waals surface area contributed by atoms with E-state index in [1.54, 1.807) is 12.1 Å². The molecule has 6 rings (SSSR count). The summed E-state index contributed by atoms with van der Waals surface area (Å²) < 4.78 is 51.7. The molecule has 2 aromatic rings. The molecule has 4 saturated heterocycles. The summed E-state index contributed by atoms with van der Waals surface area (Å²) in [6, 6.07) is 9.02. The number of amidine groups is 1. The summed E-state index contributed by atoms with van der Waals surface area (Å²) >= 11 is 0. The van der Waals surface area contributed by atoms with Crippen molar-refractivity contribution in [3.63, 3.8) is 0 Å². The first-order valence-corrected chi connectivity index (χ1v) is 16.0. The van der Waals surface area contributed by atoms with Crippen LogP contribution >= 0.6 is 0 Å². The summed E-state index contributed by atoms with van der Waals surface area (Å²) in [4.78, 5) is 27.6. The van der Waals surface area contributed by atoms with Crippen LogP contribution in [0.3, 0.4) is 0 Å². The number of halogens is 3. The zero-order chi connectivity index (χ0) is 34.0. The van der Waals surface area contributed by atoms with Crippen LogP contribution in [0, 0.1) is 0 Å². The van der Waals surface area contributed by atoms with Crippen LogP contribution in [0.15, 0.2) is 65.9 Å². The molecule has 4 heterocycles. The number of hydrogen-bond donors (Lipinski definition) is 4. The van der Waals surface area contributed by atoms with Gasteiger partial charge >= 0.3 is 6.18 Å². The number of piperidine rings is 1. The number of alkyl halides is 3. The number of anilines is 2. The van der Waals surface area contributed by atoms with Crippen molar-refractivity contribution in [2.24, 2.45) is 16.6 Å². The molecule has 2 aromatic carbocycles. The highest BCUT2D eigenvalue weighted by Gasteiger charge is 2.43. The van der Waals surface area contributed by atoms with E-state index >= 15 is 0 Å². The molecular formula is C33H41F3N8O4. The summed E-state index contributed by atoms with van der Waals surface area (Å²) in [5.41, 5.74) is 10.2. The largest absolute Gasteiger partial charge is 0.494 e. The van der Waals surface area contributed by atoms with Gasteiger partial charge in [-0.25, -0.2) is 15.9 Å². The van der Waals surface area contributed by atoms with Gasteiger partial charge in [0.15, 0.2) is 0 Å². The normalized spacial score (nSPS) is 23.9. The zero-order valence-electron chi connectivity index (χ0n) is 26.7. The Morgan fingerprint density at radius 3 is 2.60 bits per heavy atom. The number of carbonyl (C=O) groups excluding carboxylic acids is 1. The fourth-order valence-electron chi connectivity index (χ4n) is 7.08. The number of aliphatic imine (C=N–C) groups is 1. The third-order valence-corrected chi connectivity index (χ3v) is 9.38. The van der Waals surface area contributed by atoms with Crippen molar-refractivity contribution < 1.29 is 32.3 Å². The highest BCUT2D eigenvalue weighted by molar-refractivity contribution is 6.02. The molecule has 1 unspecified atom stereocenters. The number of hydroxylamine groups is 2. The number of nitrogens with one attached hydrogen (secondary N) is 2. The minimum Gasteiger partial charge on any atom is -0.494 e.